The summed E-state index contributed by atoms with van der Waals surface area (Å²) >= 11 is 0. The number of hydrogen-bond acceptors (Lipinski definition) is 10. The van der Waals surface area contributed by atoms with Crippen LogP contribution in [0.4, 0.5) is 0 Å². The van der Waals surface area contributed by atoms with E-state index in [9.17, 15) is 23.8 Å². The molecule has 0 aromatic rings. The van der Waals surface area contributed by atoms with Gasteiger partial charge in [0.15, 0.2) is 6.10 Å². The maximum absolute atomic E-state index is 12.6. The van der Waals surface area contributed by atoms with Crippen molar-refractivity contribution in [3.05, 3.63) is 0 Å². The smallest absolute Gasteiger partial charge is 0.756 e. The van der Waals surface area contributed by atoms with Crippen LogP contribution in [0.2, 0.25) is 0 Å². The van der Waals surface area contributed by atoms with Gasteiger partial charge in [0, 0.05) is 12.8 Å². The maximum Gasteiger partial charge on any atom is 1.00 e. The van der Waals surface area contributed by atoms with E-state index in [0.717, 1.165) is 38.5 Å². The summed E-state index contributed by atoms with van der Waals surface area (Å²) in [5.74, 6) is -2.42. The Kier molecular flexibility index (Phi) is 40.9. The predicted molar refractivity (Wildman–Crippen MR) is 206 cm³/mol. The van der Waals surface area contributed by atoms with Gasteiger partial charge in [0.05, 0.1) is 13.2 Å². The Bertz CT molecular complexity index is 913. The molecule has 0 aromatic heterocycles. The fourth-order valence-electron chi connectivity index (χ4n) is 6.00. The zero-order valence-corrected chi connectivity index (χ0v) is 37.0. The molecule has 0 aliphatic carbocycles. The second kappa shape index (κ2) is 39.7. The quantitative estimate of drug-likeness (QED) is 0.0281. The molecule has 1 unspecified atom stereocenters. The van der Waals surface area contributed by atoms with E-state index in [-0.39, 0.29) is 49.0 Å². The van der Waals surface area contributed by atoms with Crippen LogP contribution < -0.4 is 40.2 Å². The van der Waals surface area contributed by atoms with Crippen molar-refractivity contribution in [3.63, 3.8) is 0 Å². The van der Waals surface area contributed by atoms with Gasteiger partial charge in [-0.25, -0.2) is 0 Å². The van der Waals surface area contributed by atoms with E-state index < -0.39 is 51.1 Å². The van der Waals surface area contributed by atoms with Crippen LogP contribution in [0.3, 0.4) is 0 Å². The van der Waals surface area contributed by atoms with E-state index in [1.807, 2.05) is 0 Å². The van der Waals surface area contributed by atoms with Crippen LogP contribution in [0.1, 0.15) is 206 Å². The van der Waals surface area contributed by atoms with Gasteiger partial charge in [-0.05, 0) is 12.8 Å². The standard InChI is InChI=1S/C40H78NO10P.Na/c1-3-5-7-9-11-13-15-17-18-20-21-23-25-27-29-31-38(42)48-33-36(34-49-52(46,47)50-35-37(41)40(44)45)51-39(43)32-30-28-26-24-22-19-16-14-12-10-8-6-4-2;/h36-37H,3-35,41H2,1-2H3,(H,44,45)(H,46,47);/q;+1/p-1/t36-,37+;/m1./s1. The number of carboxylic acid groups (broad SMARTS) is 1. The predicted octanol–water partition coefficient (Wildman–Crippen LogP) is 7.10. The molecular weight excluding hydrogens is 708 g/mol. The van der Waals surface area contributed by atoms with Gasteiger partial charge in [-0.15, -0.1) is 0 Å². The molecule has 0 fully saturated rings. The molecule has 0 saturated carbocycles. The zero-order chi connectivity index (χ0) is 38.5. The number of carboxylic acids is 1. The maximum atomic E-state index is 12.6. The van der Waals surface area contributed by atoms with E-state index in [1.165, 1.54) is 128 Å². The van der Waals surface area contributed by atoms with Crippen molar-refractivity contribution in [1.29, 1.82) is 0 Å². The number of rotatable bonds is 40. The van der Waals surface area contributed by atoms with Crippen LogP contribution in [0, 0.1) is 0 Å². The van der Waals surface area contributed by atoms with Gasteiger partial charge >= 0.3 is 47.5 Å². The third-order valence-corrected chi connectivity index (χ3v) is 10.3. The van der Waals surface area contributed by atoms with Crippen LogP contribution >= 0.6 is 7.82 Å². The number of hydrogen-bond donors (Lipinski definition) is 2. The molecule has 3 atom stereocenters. The first-order valence-corrected chi connectivity index (χ1v) is 22.5. The summed E-state index contributed by atoms with van der Waals surface area (Å²) in [7, 11) is -4.95. The summed E-state index contributed by atoms with van der Waals surface area (Å²) in [6, 6.07) is -1.56. The van der Waals surface area contributed by atoms with Gasteiger partial charge in [-0.2, -0.15) is 0 Å². The van der Waals surface area contributed by atoms with Gasteiger partial charge in [-0.3, -0.25) is 18.9 Å². The average molecular weight is 786 g/mol. The first-order chi connectivity index (χ1) is 25.1. The summed E-state index contributed by atoms with van der Waals surface area (Å²) < 4.78 is 32.3. The number of phosphoric acid groups is 1. The second-order valence-electron chi connectivity index (χ2n) is 14.5. The number of ether oxygens (including phenoxy) is 2. The number of phosphoric ester groups is 1. The van der Waals surface area contributed by atoms with Gasteiger partial charge < -0.3 is 34.3 Å². The summed E-state index contributed by atoms with van der Waals surface area (Å²) in [5.41, 5.74) is 5.30. The van der Waals surface area contributed by atoms with Crippen LogP contribution in [-0.2, 0) is 37.5 Å². The van der Waals surface area contributed by atoms with Crippen LogP contribution in [0.5, 0.6) is 0 Å². The molecule has 0 radical (unpaired) electrons. The molecule has 0 rings (SSSR count). The molecule has 0 amide bonds. The van der Waals surface area contributed by atoms with Gasteiger partial charge in [0.25, 0.3) is 7.82 Å². The van der Waals surface area contributed by atoms with Gasteiger partial charge in [0.1, 0.15) is 12.6 Å². The second-order valence-corrected chi connectivity index (χ2v) is 15.9. The Morgan fingerprint density at radius 3 is 1.23 bits per heavy atom. The number of nitrogens with two attached hydrogens (primary N) is 1. The van der Waals surface area contributed by atoms with E-state index in [4.69, 9.17) is 24.8 Å². The molecule has 0 aromatic carbocycles. The SMILES string of the molecule is CCCCCCCCCCCCCCCCCC(=O)OC[C@H](COP(=O)([O-])OC[C@H](N)C(=O)O)OC(=O)CCCCCCCCCCCCCCC.[Na+]. The van der Waals surface area contributed by atoms with Crippen LogP contribution in [-0.4, -0.2) is 55.0 Å². The zero-order valence-electron chi connectivity index (χ0n) is 34.1. The fraction of sp³-hybridized carbons (Fsp3) is 0.925. The topological polar surface area (TPSA) is 175 Å². The summed E-state index contributed by atoms with van der Waals surface area (Å²) in [6.45, 7) is 2.66. The Balaban J connectivity index is 0. The van der Waals surface area contributed by atoms with Gasteiger partial charge in [0.2, 0.25) is 0 Å². The summed E-state index contributed by atoms with van der Waals surface area (Å²) in [6.07, 6.45) is 32.8. The molecule has 0 aliphatic heterocycles. The van der Waals surface area contributed by atoms with Crippen molar-refractivity contribution in [2.45, 2.75) is 219 Å². The minimum absolute atomic E-state index is 0. The molecule has 13 heteroatoms. The summed E-state index contributed by atoms with van der Waals surface area (Å²) in [5, 5.41) is 8.85. The average Bonchev–Trinajstić information content (AvgIpc) is 3.12. The van der Waals surface area contributed by atoms with Gasteiger partial charge in [-0.1, -0.05) is 181 Å². The third kappa shape index (κ3) is 39.5. The molecular formula is C40H77NNaO10P. The number of unbranched alkanes of at least 4 members (excludes halogenated alkanes) is 26. The molecule has 0 saturated heterocycles. The van der Waals surface area contributed by atoms with Crippen LogP contribution in [0.25, 0.3) is 0 Å². The number of aliphatic carboxylic acids is 1. The van der Waals surface area contributed by atoms with E-state index in [0.29, 0.717) is 12.8 Å². The monoisotopic (exact) mass is 786 g/mol. The molecule has 0 spiro atoms. The number of esters is 2. The molecule has 53 heavy (non-hydrogen) atoms. The Morgan fingerprint density at radius 2 is 0.868 bits per heavy atom. The Labute approximate surface area is 345 Å². The largest absolute Gasteiger partial charge is 1.00 e. The van der Waals surface area contributed by atoms with E-state index >= 15 is 0 Å². The Hall–Kier alpha value is -0.520. The normalized spacial score (nSPS) is 13.5. The van der Waals surface area contributed by atoms with E-state index in [2.05, 4.69) is 18.4 Å². The molecule has 3 N–H and O–H groups in total. The molecule has 0 heterocycles. The molecule has 0 aliphatic rings. The minimum atomic E-state index is -4.95. The Morgan fingerprint density at radius 1 is 0.547 bits per heavy atom. The third-order valence-electron chi connectivity index (χ3n) is 9.35. The van der Waals surface area contributed by atoms with Crippen molar-refractivity contribution in [1.82, 2.24) is 0 Å². The first kappa shape index (κ1) is 54.6. The molecule has 0 bridgehead atoms. The van der Waals surface area contributed by atoms with Crippen molar-refractivity contribution in [2.75, 3.05) is 19.8 Å². The fourth-order valence-corrected chi connectivity index (χ4v) is 6.77. The van der Waals surface area contributed by atoms with Crippen molar-refractivity contribution in [2.24, 2.45) is 5.73 Å². The summed E-state index contributed by atoms with van der Waals surface area (Å²) in [4.78, 5) is 48.0. The van der Waals surface area contributed by atoms with Crippen molar-refractivity contribution in [3.8, 4) is 0 Å². The van der Waals surface area contributed by atoms with Crippen LogP contribution in [0.15, 0.2) is 0 Å². The minimum Gasteiger partial charge on any atom is -0.756 e. The number of carbonyl (C=O) groups is 3. The molecule has 308 valence electrons. The first-order valence-electron chi connectivity index (χ1n) is 21.0. The molecule has 11 nitrogen and oxygen atoms in total. The number of carbonyl (C=O) groups excluding carboxylic acids is 2. The van der Waals surface area contributed by atoms with E-state index in [1.54, 1.807) is 0 Å². The van der Waals surface area contributed by atoms with Crippen molar-refractivity contribution < 1.29 is 77.0 Å². The van der Waals surface area contributed by atoms with Crippen molar-refractivity contribution >= 4 is 25.7 Å².